The summed E-state index contributed by atoms with van der Waals surface area (Å²) in [5.74, 6) is 0.370. The number of carbonyl (C=O) groups is 2. The zero-order chi connectivity index (χ0) is 25.9. The molecule has 4 heterocycles. The number of anilines is 3. The van der Waals surface area contributed by atoms with E-state index in [9.17, 15) is 9.59 Å². The number of fused-ring (bicyclic) bond motifs is 2. The zero-order valence-corrected chi connectivity index (χ0v) is 20.7. The van der Waals surface area contributed by atoms with E-state index in [1.165, 1.54) is 6.20 Å². The van der Waals surface area contributed by atoms with Gasteiger partial charge in [0.2, 0.25) is 11.8 Å². The van der Waals surface area contributed by atoms with Gasteiger partial charge in [-0.05, 0) is 42.8 Å². The number of benzene rings is 1. The minimum atomic E-state index is -0.549. The molecule has 0 unspecified atom stereocenters. The smallest absolute Gasteiger partial charge is 0.320 e. The Hall–Kier alpha value is -4.15. The van der Waals surface area contributed by atoms with Gasteiger partial charge in [0.1, 0.15) is 18.1 Å². The van der Waals surface area contributed by atoms with Crippen molar-refractivity contribution in [3.8, 4) is 17.0 Å². The van der Waals surface area contributed by atoms with Crippen LogP contribution in [-0.4, -0.2) is 59.1 Å². The number of likely N-dealkylation sites (tertiary alicyclic amines) is 1. The lowest BCUT2D eigenvalue weighted by Gasteiger charge is -2.58. The Morgan fingerprint density at radius 3 is 2.76 bits per heavy atom. The Labute approximate surface area is 212 Å². The van der Waals surface area contributed by atoms with Crippen LogP contribution in [0.2, 0.25) is 0 Å². The topological polar surface area (TPSA) is 134 Å². The molecule has 2 fully saturated rings. The predicted molar refractivity (Wildman–Crippen MR) is 138 cm³/mol. The van der Waals surface area contributed by atoms with Crippen molar-refractivity contribution in [2.24, 2.45) is 5.41 Å². The summed E-state index contributed by atoms with van der Waals surface area (Å²) < 4.78 is 20.9. The maximum Gasteiger partial charge on any atom is 0.320 e. The molecule has 0 atom stereocenters. The molecule has 2 aliphatic heterocycles. The van der Waals surface area contributed by atoms with Gasteiger partial charge in [-0.1, -0.05) is 0 Å². The molecule has 1 aliphatic carbocycles. The number of nitrogens with two attached hydrogens (primary N) is 1. The van der Waals surface area contributed by atoms with E-state index >= 15 is 4.39 Å². The van der Waals surface area contributed by atoms with Crippen LogP contribution in [0.25, 0.3) is 21.9 Å². The summed E-state index contributed by atoms with van der Waals surface area (Å²) in [5, 5.41) is 10.1. The lowest BCUT2D eigenvalue weighted by Crippen LogP contribution is -2.67. The van der Waals surface area contributed by atoms with Crippen LogP contribution in [-0.2, 0) is 4.79 Å². The second-order valence-electron chi connectivity index (χ2n) is 10.3. The van der Waals surface area contributed by atoms with Gasteiger partial charge in [-0.15, -0.1) is 0 Å². The first-order valence-electron chi connectivity index (χ1n) is 12.3. The van der Waals surface area contributed by atoms with Gasteiger partial charge in [0, 0.05) is 66.9 Å². The van der Waals surface area contributed by atoms with Gasteiger partial charge in [0.25, 0.3) is 0 Å². The molecule has 3 aliphatic rings. The Balaban J connectivity index is 1.20. The quantitative estimate of drug-likeness (QED) is 0.401. The molecular weight excluding hydrogens is 477 g/mol. The number of nitrogens with zero attached hydrogens (tertiary/aromatic N) is 3. The van der Waals surface area contributed by atoms with Crippen LogP contribution in [0.5, 0.6) is 5.88 Å². The summed E-state index contributed by atoms with van der Waals surface area (Å²) in [4.78, 5) is 34.5. The number of rotatable bonds is 3. The maximum absolute atomic E-state index is 15.4. The van der Waals surface area contributed by atoms with E-state index in [4.69, 9.17) is 10.5 Å². The first kappa shape index (κ1) is 23.3. The lowest BCUT2D eigenvalue weighted by atomic mass is 9.60. The third-order valence-electron chi connectivity index (χ3n) is 7.67. The third kappa shape index (κ3) is 3.94. The summed E-state index contributed by atoms with van der Waals surface area (Å²) >= 11 is 0. The number of pyridine rings is 2. The van der Waals surface area contributed by atoms with Crippen LogP contribution in [0.3, 0.4) is 0 Å². The Kier molecular flexibility index (Phi) is 5.32. The molecule has 0 bridgehead atoms. The standard InChI is InChI=1S/C26H28FN7O3/c1-13-18(9-31-24-23(13)29-3-4-37-24)17-5-15-6-20(30-10-19(15)22(28)21(17)27)33-25(36)32-16-7-26(8-16)11-34(12-26)14(2)35/h5-6,9-10,16,29H,3-4,7-8,11-12,28H2,1-2H3,(H2,30,32,33,36). The number of ether oxygens (including phenoxy) is 1. The molecule has 0 radical (unpaired) electrons. The van der Waals surface area contributed by atoms with Crippen molar-refractivity contribution in [2.45, 2.75) is 32.7 Å². The van der Waals surface area contributed by atoms with E-state index in [-0.39, 0.29) is 29.1 Å². The fourth-order valence-corrected chi connectivity index (χ4v) is 5.72. The van der Waals surface area contributed by atoms with Gasteiger partial charge >= 0.3 is 6.03 Å². The Morgan fingerprint density at radius 1 is 1.22 bits per heavy atom. The molecule has 2 aromatic heterocycles. The molecule has 1 aromatic carbocycles. The minimum absolute atomic E-state index is 0.0165. The number of carbonyl (C=O) groups excluding carboxylic acids is 2. The average molecular weight is 506 g/mol. The van der Waals surface area contributed by atoms with E-state index in [1.807, 2.05) is 11.8 Å². The van der Waals surface area contributed by atoms with Crippen LogP contribution < -0.4 is 26.4 Å². The minimum Gasteiger partial charge on any atom is -0.474 e. The largest absolute Gasteiger partial charge is 0.474 e. The Bertz CT molecular complexity index is 1450. The summed E-state index contributed by atoms with van der Waals surface area (Å²) in [6.07, 6.45) is 4.75. The van der Waals surface area contributed by atoms with Crippen molar-refractivity contribution < 1.29 is 18.7 Å². The normalized spacial score (nSPS) is 17.8. The van der Waals surface area contributed by atoms with Gasteiger partial charge in [0.05, 0.1) is 5.69 Å². The molecule has 3 amide bonds. The number of amides is 3. The van der Waals surface area contributed by atoms with Gasteiger partial charge < -0.3 is 26.0 Å². The summed E-state index contributed by atoms with van der Waals surface area (Å²) in [6.45, 7) is 6.14. The predicted octanol–water partition coefficient (Wildman–Crippen LogP) is 3.26. The zero-order valence-electron chi connectivity index (χ0n) is 20.7. The number of nitrogens with one attached hydrogen (secondary N) is 3. The summed E-state index contributed by atoms with van der Waals surface area (Å²) in [6, 6.07) is 3.07. The third-order valence-corrected chi connectivity index (χ3v) is 7.67. The molecule has 192 valence electrons. The highest BCUT2D eigenvalue weighted by atomic mass is 19.1. The van der Waals surface area contributed by atoms with Crippen LogP contribution in [0, 0.1) is 18.2 Å². The Morgan fingerprint density at radius 2 is 2.00 bits per heavy atom. The number of hydrogen-bond donors (Lipinski definition) is 4. The number of nitrogen functional groups attached to an aromatic ring is 1. The van der Waals surface area contributed by atoms with Crippen molar-refractivity contribution in [3.63, 3.8) is 0 Å². The van der Waals surface area contributed by atoms with Crippen LogP contribution in [0.1, 0.15) is 25.3 Å². The van der Waals surface area contributed by atoms with Crippen molar-refractivity contribution >= 4 is 39.9 Å². The number of aromatic nitrogens is 2. The van der Waals surface area contributed by atoms with Crippen LogP contribution >= 0.6 is 0 Å². The van der Waals surface area contributed by atoms with Crippen molar-refractivity contribution in [1.82, 2.24) is 20.2 Å². The van der Waals surface area contributed by atoms with E-state index in [0.717, 1.165) is 37.2 Å². The molecular formula is C26H28FN7O3. The second kappa shape index (κ2) is 8.46. The fourth-order valence-electron chi connectivity index (χ4n) is 5.72. The molecule has 1 spiro atoms. The van der Waals surface area contributed by atoms with Crippen LogP contribution in [0.4, 0.5) is 26.4 Å². The van der Waals surface area contributed by atoms with E-state index in [2.05, 4.69) is 25.9 Å². The highest BCUT2D eigenvalue weighted by Crippen LogP contribution is 2.48. The molecule has 1 saturated carbocycles. The highest BCUT2D eigenvalue weighted by molar-refractivity contribution is 6.00. The fraction of sp³-hybridized carbons (Fsp3) is 0.385. The number of halogens is 1. The average Bonchev–Trinajstić information content (AvgIpc) is 2.82. The molecule has 11 heteroatoms. The van der Waals surface area contributed by atoms with Crippen molar-refractivity contribution in [3.05, 3.63) is 35.9 Å². The molecule has 37 heavy (non-hydrogen) atoms. The molecule has 1 saturated heterocycles. The summed E-state index contributed by atoms with van der Waals surface area (Å²) in [7, 11) is 0. The molecule has 10 nitrogen and oxygen atoms in total. The van der Waals surface area contributed by atoms with Gasteiger partial charge in [-0.25, -0.2) is 19.2 Å². The van der Waals surface area contributed by atoms with Gasteiger partial charge in [-0.3, -0.25) is 10.1 Å². The molecule has 3 aromatic rings. The monoisotopic (exact) mass is 505 g/mol. The number of hydrogen-bond acceptors (Lipinski definition) is 7. The maximum atomic E-state index is 15.4. The lowest BCUT2D eigenvalue weighted by molar-refractivity contribution is -0.149. The molecule has 6 rings (SSSR count). The first-order valence-corrected chi connectivity index (χ1v) is 12.3. The van der Waals surface area contributed by atoms with Crippen LogP contribution in [0.15, 0.2) is 24.5 Å². The van der Waals surface area contributed by atoms with E-state index < -0.39 is 5.82 Å². The highest BCUT2D eigenvalue weighted by Gasteiger charge is 2.53. The number of urea groups is 1. The summed E-state index contributed by atoms with van der Waals surface area (Å²) in [5.41, 5.74) is 8.75. The second-order valence-corrected chi connectivity index (χ2v) is 10.3. The SMILES string of the molecule is CC(=O)N1CC2(CC(NC(=O)Nc3cc4cc(-c5cnc6c(c5C)NCCO6)c(F)c(N)c4cn3)C2)C1. The first-order chi connectivity index (χ1) is 17.7. The van der Waals surface area contributed by atoms with Crippen molar-refractivity contribution in [2.75, 3.05) is 42.6 Å². The van der Waals surface area contributed by atoms with Gasteiger partial charge in [-0.2, -0.15) is 0 Å². The van der Waals surface area contributed by atoms with E-state index in [1.54, 1.807) is 25.3 Å². The van der Waals surface area contributed by atoms with Gasteiger partial charge in [0.15, 0.2) is 5.82 Å². The van der Waals surface area contributed by atoms with Crippen molar-refractivity contribution in [1.29, 1.82) is 0 Å². The molecule has 5 N–H and O–H groups in total. The van der Waals surface area contributed by atoms with E-state index in [0.29, 0.717) is 46.7 Å².